The maximum absolute atomic E-state index is 12.0. The van der Waals surface area contributed by atoms with Crippen LogP contribution in [-0.2, 0) is 20.9 Å². The zero-order valence-corrected chi connectivity index (χ0v) is 13.6. The molecule has 0 bridgehead atoms. The van der Waals surface area contributed by atoms with Gasteiger partial charge in [0.15, 0.2) is 0 Å². The summed E-state index contributed by atoms with van der Waals surface area (Å²) in [5.74, 6) is -0.637. The molecule has 22 heavy (non-hydrogen) atoms. The first-order valence-corrected chi connectivity index (χ1v) is 7.44. The van der Waals surface area contributed by atoms with Crippen LogP contribution in [0.4, 0.5) is 0 Å². The summed E-state index contributed by atoms with van der Waals surface area (Å²) in [6.07, 6.45) is 1.11. The fourth-order valence-electron chi connectivity index (χ4n) is 2.51. The van der Waals surface area contributed by atoms with Crippen LogP contribution in [0.25, 0.3) is 0 Å². The summed E-state index contributed by atoms with van der Waals surface area (Å²) in [6.45, 7) is 8.05. The number of allylic oxidation sites excluding steroid dienone is 1. The van der Waals surface area contributed by atoms with Crippen molar-refractivity contribution in [3.63, 3.8) is 0 Å². The van der Waals surface area contributed by atoms with Gasteiger partial charge in [-0.3, -0.25) is 4.79 Å². The molecule has 0 saturated carbocycles. The minimum atomic E-state index is -1.01. The number of esters is 1. The second kappa shape index (κ2) is 8.71. The highest BCUT2D eigenvalue weighted by Crippen LogP contribution is 2.32. The Balaban J connectivity index is 2.60. The van der Waals surface area contributed by atoms with E-state index in [1.807, 2.05) is 37.3 Å². The molecule has 1 aromatic rings. The van der Waals surface area contributed by atoms with Crippen molar-refractivity contribution in [2.75, 3.05) is 13.7 Å². The molecule has 0 aromatic heterocycles. The topological polar surface area (TPSA) is 55.8 Å². The summed E-state index contributed by atoms with van der Waals surface area (Å²) in [5.41, 5.74) is 0.0671. The first-order chi connectivity index (χ1) is 10.5. The molecule has 122 valence electrons. The number of aliphatic hydroxyl groups is 1. The van der Waals surface area contributed by atoms with Crippen molar-refractivity contribution in [3.05, 3.63) is 48.6 Å². The second-order valence-corrected chi connectivity index (χ2v) is 5.82. The lowest BCUT2D eigenvalue weighted by atomic mass is 9.76. The summed E-state index contributed by atoms with van der Waals surface area (Å²) < 4.78 is 10.5. The van der Waals surface area contributed by atoms with E-state index in [9.17, 15) is 9.90 Å². The van der Waals surface area contributed by atoms with E-state index >= 15 is 0 Å². The van der Waals surface area contributed by atoms with Gasteiger partial charge in [-0.05, 0) is 18.9 Å². The molecule has 0 heterocycles. The van der Waals surface area contributed by atoms with Gasteiger partial charge in [0.25, 0.3) is 0 Å². The third kappa shape index (κ3) is 4.68. The number of hydrogen-bond donors (Lipinski definition) is 1. The van der Waals surface area contributed by atoms with Crippen LogP contribution >= 0.6 is 0 Å². The quantitative estimate of drug-likeness (QED) is 0.563. The second-order valence-electron chi connectivity index (χ2n) is 5.82. The van der Waals surface area contributed by atoms with Crippen molar-refractivity contribution in [1.29, 1.82) is 0 Å². The highest BCUT2D eigenvalue weighted by atomic mass is 16.5. The molecule has 0 spiro atoms. The van der Waals surface area contributed by atoms with Crippen LogP contribution in [0.1, 0.15) is 25.8 Å². The third-order valence-corrected chi connectivity index (χ3v) is 3.90. The molecule has 0 radical (unpaired) electrons. The van der Waals surface area contributed by atoms with Gasteiger partial charge >= 0.3 is 5.97 Å². The molecule has 4 nitrogen and oxygen atoms in total. The van der Waals surface area contributed by atoms with Gasteiger partial charge in [0.2, 0.25) is 0 Å². The molecule has 0 amide bonds. The predicted octanol–water partition coefficient (Wildman–Crippen LogP) is 2.96. The summed E-state index contributed by atoms with van der Waals surface area (Å²) in [7, 11) is 1.33. The number of benzene rings is 1. The van der Waals surface area contributed by atoms with Crippen molar-refractivity contribution in [2.45, 2.75) is 33.0 Å². The summed E-state index contributed by atoms with van der Waals surface area (Å²) >= 11 is 0. The summed E-state index contributed by atoms with van der Waals surface area (Å²) in [5, 5.41) is 10.5. The van der Waals surface area contributed by atoms with Crippen LogP contribution in [0.3, 0.4) is 0 Å². The number of carbonyl (C=O) groups excluding carboxylic acids is 1. The fraction of sp³-hybridized carbons (Fsp3) is 0.500. The molecule has 1 aromatic carbocycles. The Hall–Kier alpha value is -1.65. The van der Waals surface area contributed by atoms with E-state index in [0.717, 1.165) is 5.56 Å². The molecule has 0 fully saturated rings. The van der Waals surface area contributed by atoms with Crippen LogP contribution < -0.4 is 0 Å². The standard InChI is InChI=1S/C18H26O4/c1-5-11-18(3,17(20)21-4)16(19)14(2)12-22-13-15-9-7-6-8-10-15/h5-10,14,16,19H,1,11-13H2,2-4H3/t14-,16-,18+/m0/s1. The Kier molecular flexibility index (Phi) is 7.28. The van der Waals surface area contributed by atoms with Gasteiger partial charge in [-0.25, -0.2) is 0 Å². The number of methoxy groups -OCH3 is 1. The lowest BCUT2D eigenvalue weighted by Crippen LogP contribution is -2.45. The van der Waals surface area contributed by atoms with Crippen molar-refractivity contribution in [2.24, 2.45) is 11.3 Å². The van der Waals surface area contributed by atoms with E-state index in [0.29, 0.717) is 19.6 Å². The molecule has 4 heteroatoms. The van der Waals surface area contributed by atoms with E-state index in [1.54, 1.807) is 13.0 Å². The Morgan fingerprint density at radius 1 is 1.41 bits per heavy atom. The van der Waals surface area contributed by atoms with E-state index in [2.05, 4.69) is 6.58 Å². The Labute approximate surface area is 132 Å². The minimum Gasteiger partial charge on any atom is -0.469 e. The van der Waals surface area contributed by atoms with Gasteiger partial charge in [-0.15, -0.1) is 6.58 Å². The van der Waals surface area contributed by atoms with Crippen LogP contribution in [0.5, 0.6) is 0 Å². The van der Waals surface area contributed by atoms with Gasteiger partial charge in [-0.1, -0.05) is 43.3 Å². The zero-order chi connectivity index (χ0) is 16.6. The van der Waals surface area contributed by atoms with Crippen LogP contribution in [0.2, 0.25) is 0 Å². The normalized spacial score (nSPS) is 16.4. The van der Waals surface area contributed by atoms with Gasteiger partial charge in [0.05, 0.1) is 31.8 Å². The number of hydrogen-bond acceptors (Lipinski definition) is 4. The average Bonchev–Trinajstić information content (AvgIpc) is 2.54. The first-order valence-electron chi connectivity index (χ1n) is 7.44. The number of rotatable bonds is 9. The molecule has 0 aliphatic carbocycles. The zero-order valence-electron chi connectivity index (χ0n) is 13.6. The van der Waals surface area contributed by atoms with E-state index in [4.69, 9.17) is 9.47 Å². The monoisotopic (exact) mass is 306 g/mol. The highest BCUT2D eigenvalue weighted by Gasteiger charge is 2.43. The van der Waals surface area contributed by atoms with E-state index in [-0.39, 0.29) is 5.92 Å². The summed E-state index contributed by atoms with van der Waals surface area (Å²) in [6, 6.07) is 9.83. The highest BCUT2D eigenvalue weighted by molar-refractivity contribution is 5.77. The fourth-order valence-corrected chi connectivity index (χ4v) is 2.51. The lowest BCUT2D eigenvalue weighted by Gasteiger charge is -2.34. The minimum absolute atomic E-state index is 0.201. The molecule has 0 unspecified atom stereocenters. The first kappa shape index (κ1) is 18.4. The number of carbonyl (C=O) groups is 1. The predicted molar refractivity (Wildman–Crippen MR) is 86.2 cm³/mol. The van der Waals surface area contributed by atoms with Crippen LogP contribution in [0, 0.1) is 11.3 Å². The Morgan fingerprint density at radius 3 is 2.59 bits per heavy atom. The van der Waals surface area contributed by atoms with Gasteiger partial charge in [-0.2, -0.15) is 0 Å². The van der Waals surface area contributed by atoms with E-state index < -0.39 is 17.5 Å². The lowest BCUT2D eigenvalue weighted by molar-refractivity contribution is -0.162. The van der Waals surface area contributed by atoms with Crippen molar-refractivity contribution < 1.29 is 19.4 Å². The summed E-state index contributed by atoms with van der Waals surface area (Å²) in [4.78, 5) is 12.0. The van der Waals surface area contributed by atoms with Crippen molar-refractivity contribution >= 4 is 5.97 Å². The van der Waals surface area contributed by atoms with Crippen molar-refractivity contribution in [1.82, 2.24) is 0 Å². The van der Waals surface area contributed by atoms with Crippen LogP contribution in [0.15, 0.2) is 43.0 Å². The van der Waals surface area contributed by atoms with Crippen molar-refractivity contribution in [3.8, 4) is 0 Å². The third-order valence-electron chi connectivity index (χ3n) is 3.90. The molecular formula is C18H26O4. The Bertz CT molecular complexity index is 471. The number of aliphatic hydroxyl groups excluding tert-OH is 1. The molecule has 1 N–H and O–H groups in total. The van der Waals surface area contributed by atoms with E-state index in [1.165, 1.54) is 7.11 Å². The van der Waals surface area contributed by atoms with Crippen LogP contribution in [-0.4, -0.2) is 30.9 Å². The molecular weight excluding hydrogens is 280 g/mol. The molecule has 0 aliphatic heterocycles. The SMILES string of the molecule is C=CC[C@@](C)(C(=O)OC)[C@@H](O)[C@@H](C)COCc1ccccc1. The smallest absolute Gasteiger partial charge is 0.314 e. The molecule has 0 aliphatic rings. The molecule has 1 rings (SSSR count). The largest absolute Gasteiger partial charge is 0.469 e. The number of ether oxygens (including phenoxy) is 2. The molecule has 0 saturated heterocycles. The van der Waals surface area contributed by atoms with Gasteiger partial charge in [0.1, 0.15) is 0 Å². The maximum atomic E-state index is 12.0. The van der Waals surface area contributed by atoms with Gasteiger partial charge < -0.3 is 14.6 Å². The maximum Gasteiger partial charge on any atom is 0.314 e. The van der Waals surface area contributed by atoms with Gasteiger partial charge in [0, 0.05) is 5.92 Å². The molecule has 3 atom stereocenters. The average molecular weight is 306 g/mol. The Morgan fingerprint density at radius 2 is 2.05 bits per heavy atom.